The van der Waals surface area contributed by atoms with Crippen LogP contribution in [0, 0.1) is 5.82 Å². The topological polar surface area (TPSA) is 53.0 Å². The Morgan fingerprint density at radius 2 is 2.12 bits per heavy atom. The Morgan fingerprint density at radius 1 is 1.40 bits per heavy atom. The van der Waals surface area contributed by atoms with Crippen molar-refractivity contribution >= 4 is 5.97 Å². The molecule has 25 heavy (non-hydrogen) atoms. The molecule has 0 aliphatic carbocycles. The van der Waals surface area contributed by atoms with E-state index in [1.807, 2.05) is 4.90 Å². The van der Waals surface area contributed by atoms with Crippen LogP contribution in [0.1, 0.15) is 11.1 Å². The predicted octanol–water partition coefficient (Wildman–Crippen LogP) is 2.06. The SMILES string of the molecule is CN(CC(=O)O)CC1CN(Cc2cc(F)cc(C(F)(F)F)c2)CCO1. The zero-order valence-corrected chi connectivity index (χ0v) is 13.7. The molecular weight excluding hydrogens is 344 g/mol. The molecule has 0 radical (unpaired) electrons. The van der Waals surface area contributed by atoms with Crippen molar-refractivity contribution in [3.63, 3.8) is 0 Å². The number of aliphatic carboxylic acids is 1. The van der Waals surface area contributed by atoms with Crippen molar-refractivity contribution < 1.29 is 32.2 Å². The number of likely N-dealkylation sites (N-methyl/N-ethyl adjacent to an activating group) is 1. The number of hydrogen-bond donors (Lipinski definition) is 1. The summed E-state index contributed by atoms with van der Waals surface area (Å²) in [6.07, 6.45) is -4.85. The summed E-state index contributed by atoms with van der Waals surface area (Å²) in [5, 5.41) is 8.76. The highest BCUT2D eigenvalue weighted by Gasteiger charge is 2.31. The molecule has 0 amide bonds. The number of morpholine rings is 1. The quantitative estimate of drug-likeness (QED) is 0.784. The molecule has 0 spiro atoms. The lowest BCUT2D eigenvalue weighted by molar-refractivity contribution is -0.139. The Labute approximate surface area is 142 Å². The van der Waals surface area contributed by atoms with Gasteiger partial charge in [-0.05, 0) is 30.8 Å². The van der Waals surface area contributed by atoms with Crippen LogP contribution >= 0.6 is 0 Å². The van der Waals surface area contributed by atoms with E-state index in [0.29, 0.717) is 32.3 Å². The van der Waals surface area contributed by atoms with Gasteiger partial charge in [-0.1, -0.05) is 0 Å². The standard InChI is InChI=1S/C16H20F4N2O3/c1-21(10-15(23)24)8-14-9-22(2-3-25-14)7-11-4-12(16(18,19)20)6-13(17)5-11/h4-6,14H,2-3,7-10H2,1H3,(H,23,24). The van der Waals surface area contributed by atoms with E-state index >= 15 is 0 Å². The van der Waals surface area contributed by atoms with Gasteiger partial charge in [0.2, 0.25) is 0 Å². The van der Waals surface area contributed by atoms with E-state index in [2.05, 4.69) is 0 Å². The maximum Gasteiger partial charge on any atom is 0.416 e. The van der Waals surface area contributed by atoms with Crippen molar-refractivity contribution in [1.29, 1.82) is 0 Å². The van der Waals surface area contributed by atoms with Gasteiger partial charge in [-0.15, -0.1) is 0 Å². The van der Waals surface area contributed by atoms with Crippen molar-refractivity contribution in [2.45, 2.75) is 18.8 Å². The van der Waals surface area contributed by atoms with E-state index in [1.54, 1.807) is 11.9 Å². The molecule has 1 aromatic carbocycles. The van der Waals surface area contributed by atoms with Crippen LogP contribution in [-0.4, -0.2) is 66.8 Å². The molecule has 0 saturated carbocycles. The van der Waals surface area contributed by atoms with E-state index in [9.17, 15) is 22.4 Å². The highest BCUT2D eigenvalue weighted by molar-refractivity contribution is 5.69. The first-order valence-corrected chi connectivity index (χ1v) is 7.74. The van der Waals surface area contributed by atoms with Gasteiger partial charge in [0.25, 0.3) is 0 Å². The van der Waals surface area contributed by atoms with Gasteiger partial charge in [-0.2, -0.15) is 13.2 Å². The average Bonchev–Trinajstić information content (AvgIpc) is 2.45. The number of benzene rings is 1. The Hall–Kier alpha value is -1.71. The van der Waals surface area contributed by atoms with Crippen LogP contribution < -0.4 is 0 Å². The van der Waals surface area contributed by atoms with Gasteiger partial charge in [-0.3, -0.25) is 14.6 Å². The van der Waals surface area contributed by atoms with Gasteiger partial charge >= 0.3 is 12.1 Å². The first kappa shape index (κ1) is 19.6. The van der Waals surface area contributed by atoms with E-state index in [0.717, 1.165) is 12.1 Å². The summed E-state index contributed by atoms with van der Waals surface area (Å²) in [7, 11) is 1.65. The Kier molecular flexibility index (Phi) is 6.36. The molecule has 1 fully saturated rings. The summed E-state index contributed by atoms with van der Waals surface area (Å²) in [5.74, 6) is -1.87. The van der Waals surface area contributed by atoms with Gasteiger partial charge in [0, 0.05) is 26.2 Å². The minimum Gasteiger partial charge on any atom is -0.480 e. The molecule has 0 bridgehead atoms. The molecule has 0 aromatic heterocycles. The summed E-state index contributed by atoms with van der Waals surface area (Å²) >= 11 is 0. The van der Waals surface area contributed by atoms with Crippen molar-refractivity contribution in [3.05, 3.63) is 35.1 Å². The summed E-state index contributed by atoms with van der Waals surface area (Å²) in [6.45, 7) is 1.76. The smallest absolute Gasteiger partial charge is 0.416 e. The molecule has 1 unspecified atom stereocenters. The largest absolute Gasteiger partial charge is 0.480 e. The average molecular weight is 364 g/mol. The minimum absolute atomic E-state index is 0.126. The van der Waals surface area contributed by atoms with Crippen LogP contribution in [0.3, 0.4) is 0 Å². The van der Waals surface area contributed by atoms with Crippen LogP contribution in [-0.2, 0) is 22.3 Å². The fourth-order valence-electron chi connectivity index (χ4n) is 2.84. The lowest BCUT2D eigenvalue weighted by Gasteiger charge is -2.34. The lowest BCUT2D eigenvalue weighted by Crippen LogP contribution is -2.47. The van der Waals surface area contributed by atoms with Crippen LogP contribution in [0.15, 0.2) is 18.2 Å². The van der Waals surface area contributed by atoms with Crippen LogP contribution in [0.25, 0.3) is 0 Å². The van der Waals surface area contributed by atoms with Gasteiger partial charge < -0.3 is 9.84 Å². The number of carboxylic acids is 1. The molecule has 1 aliphatic rings. The third-order valence-electron chi connectivity index (χ3n) is 3.83. The van der Waals surface area contributed by atoms with Gasteiger partial charge in [0.05, 0.1) is 24.8 Å². The van der Waals surface area contributed by atoms with Crippen LogP contribution in [0.5, 0.6) is 0 Å². The van der Waals surface area contributed by atoms with E-state index in [4.69, 9.17) is 9.84 Å². The lowest BCUT2D eigenvalue weighted by atomic mass is 10.1. The fourth-order valence-corrected chi connectivity index (χ4v) is 2.84. The summed E-state index contributed by atoms with van der Waals surface area (Å²) in [5.41, 5.74) is -0.764. The first-order chi connectivity index (χ1) is 11.6. The monoisotopic (exact) mass is 364 g/mol. The zero-order chi connectivity index (χ0) is 18.6. The van der Waals surface area contributed by atoms with E-state index < -0.39 is 23.5 Å². The van der Waals surface area contributed by atoms with Crippen LogP contribution in [0.2, 0.25) is 0 Å². The normalized spacial score (nSPS) is 19.4. The van der Waals surface area contributed by atoms with Gasteiger partial charge in [-0.25, -0.2) is 4.39 Å². The minimum atomic E-state index is -4.59. The van der Waals surface area contributed by atoms with Crippen molar-refractivity contribution in [1.82, 2.24) is 9.80 Å². The molecule has 1 aliphatic heterocycles. The third-order valence-corrected chi connectivity index (χ3v) is 3.83. The number of alkyl halides is 3. The maximum atomic E-state index is 13.5. The molecule has 1 heterocycles. The Balaban J connectivity index is 1.98. The highest BCUT2D eigenvalue weighted by Crippen LogP contribution is 2.30. The summed E-state index contributed by atoms with van der Waals surface area (Å²) in [4.78, 5) is 14.2. The Bertz CT molecular complexity index is 610. The highest BCUT2D eigenvalue weighted by atomic mass is 19.4. The van der Waals surface area contributed by atoms with E-state index in [1.165, 1.54) is 0 Å². The zero-order valence-electron chi connectivity index (χ0n) is 13.7. The molecule has 1 N–H and O–H groups in total. The number of ether oxygens (including phenoxy) is 1. The second kappa shape index (κ2) is 8.11. The number of nitrogens with zero attached hydrogens (tertiary/aromatic N) is 2. The second-order valence-corrected chi connectivity index (χ2v) is 6.16. The molecular formula is C16H20F4N2O3. The number of rotatable bonds is 6. The molecule has 1 aromatic rings. The molecule has 1 saturated heterocycles. The number of carboxylic acid groups (broad SMARTS) is 1. The van der Waals surface area contributed by atoms with Gasteiger partial charge in [0.1, 0.15) is 5.82 Å². The maximum absolute atomic E-state index is 13.5. The number of hydrogen-bond acceptors (Lipinski definition) is 4. The Morgan fingerprint density at radius 3 is 2.76 bits per heavy atom. The predicted molar refractivity (Wildman–Crippen MR) is 81.6 cm³/mol. The third kappa shape index (κ3) is 6.26. The molecule has 140 valence electrons. The van der Waals surface area contributed by atoms with E-state index in [-0.39, 0.29) is 24.8 Å². The van der Waals surface area contributed by atoms with Crippen molar-refractivity contribution in [2.75, 3.05) is 39.8 Å². The van der Waals surface area contributed by atoms with Gasteiger partial charge in [0.15, 0.2) is 0 Å². The van der Waals surface area contributed by atoms with Crippen molar-refractivity contribution in [3.8, 4) is 0 Å². The van der Waals surface area contributed by atoms with Crippen molar-refractivity contribution in [2.24, 2.45) is 0 Å². The molecule has 5 nitrogen and oxygen atoms in total. The fraction of sp³-hybridized carbons (Fsp3) is 0.562. The first-order valence-electron chi connectivity index (χ1n) is 7.74. The summed E-state index contributed by atoms with van der Waals surface area (Å²) < 4.78 is 57.4. The molecule has 2 rings (SSSR count). The number of halogens is 4. The van der Waals surface area contributed by atoms with Crippen LogP contribution in [0.4, 0.5) is 17.6 Å². The second-order valence-electron chi connectivity index (χ2n) is 6.16. The summed E-state index contributed by atoms with van der Waals surface area (Å²) in [6, 6.07) is 2.52. The molecule has 9 heteroatoms. The number of carbonyl (C=O) groups is 1. The molecule has 1 atom stereocenters.